The normalized spacial score (nSPS) is 10.0. The Morgan fingerprint density at radius 2 is 2.00 bits per heavy atom. The van der Waals surface area contributed by atoms with E-state index in [9.17, 15) is 0 Å². The summed E-state index contributed by atoms with van der Waals surface area (Å²) in [6.45, 7) is 4.81. The van der Waals surface area contributed by atoms with Gasteiger partial charge in [0.25, 0.3) is 0 Å². The molecule has 0 spiro atoms. The molecule has 0 aliphatic rings. The number of benzene rings is 1. The van der Waals surface area contributed by atoms with Crippen LogP contribution in [0.2, 0.25) is 0 Å². The van der Waals surface area contributed by atoms with Gasteiger partial charge in [-0.1, -0.05) is 30.8 Å². The molecular weight excluding hydrogens is 240 g/mol. The van der Waals surface area contributed by atoms with Crippen LogP contribution in [0.1, 0.15) is 5.56 Å². The smallest absolute Gasteiger partial charge is 0.0413 e. The fourth-order valence-corrected chi connectivity index (χ4v) is 2.26. The maximum Gasteiger partial charge on any atom is 0.0413 e. The van der Waals surface area contributed by atoms with Crippen molar-refractivity contribution in [1.82, 2.24) is 10.3 Å². The summed E-state index contributed by atoms with van der Waals surface area (Å²) in [6.07, 6.45) is 3.65. The first-order valence-electron chi connectivity index (χ1n) is 5.83. The molecule has 0 radical (unpaired) electrons. The quantitative estimate of drug-likeness (QED) is 0.801. The van der Waals surface area contributed by atoms with Crippen LogP contribution in [0.4, 0.5) is 0 Å². The van der Waals surface area contributed by atoms with Gasteiger partial charge in [0.05, 0.1) is 0 Å². The molecule has 0 saturated carbocycles. The number of rotatable bonds is 6. The zero-order chi connectivity index (χ0) is 12.6. The van der Waals surface area contributed by atoms with E-state index >= 15 is 0 Å². The topological polar surface area (TPSA) is 24.9 Å². The number of pyridine rings is 1. The first-order chi connectivity index (χ1) is 8.84. The van der Waals surface area contributed by atoms with Crippen LogP contribution in [0.15, 0.2) is 72.0 Å². The third kappa shape index (κ3) is 4.26. The van der Waals surface area contributed by atoms with Crippen molar-refractivity contribution in [3.63, 3.8) is 0 Å². The third-order valence-corrected chi connectivity index (χ3v) is 3.52. The van der Waals surface area contributed by atoms with E-state index in [1.807, 2.05) is 30.5 Å². The van der Waals surface area contributed by atoms with Crippen molar-refractivity contribution in [2.24, 2.45) is 0 Å². The van der Waals surface area contributed by atoms with Crippen LogP contribution in [-0.4, -0.2) is 10.7 Å². The van der Waals surface area contributed by atoms with Crippen LogP contribution in [-0.2, 0) is 6.54 Å². The van der Waals surface area contributed by atoms with E-state index in [1.165, 1.54) is 10.5 Å². The van der Waals surface area contributed by atoms with Gasteiger partial charge in [0.2, 0.25) is 0 Å². The molecule has 1 aromatic carbocycles. The SMILES string of the molecule is C=C(CSc1ccccc1)NCc1cccnc1. The van der Waals surface area contributed by atoms with E-state index in [2.05, 4.69) is 35.1 Å². The summed E-state index contributed by atoms with van der Waals surface area (Å²) in [6, 6.07) is 14.3. The lowest BCUT2D eigenvalue weighted by Gasteiger charge is -2.09. The molecule has 2 rings (SSSR count). The van der Waals surface area contributed by atoms with E-state index < -0.39 is 0 Å². The predicted molar refractivity (Wildman–Crippen MR) is 77.4 cm³/mol. The standard InChI is InChI=1S/C15H16N2S/c1-13(12-18-15-7-3-2-4-8-15)17-11-14-6-5-9-16-10-14/h2-10,17H,1,11-12H2. The van der Waals surface area contributed by atoms with E-state index in [4.69, 9.17) is 0 Å². The second kappa shape index (κ2) is 6.87. The number of thioether (sulfide) groups is 1. The summed E-state index contributed by atoms with van der Waals surface area (Å²) >= 11 is 1.79. The average Bonchev–Trinajstić information content (AvgIpc) is 2.45. The van der Waals surface area contributed by atoms with Crippen molar-refractivity contribution < 1.29 is 0 Å². The summed E-state index contributed by atoms with van der Waals surface area (Å²) in [7, 11) is 0. The number of nitrogens with zero attached hydrogens (tertiary/aromatic N) is 1. The molecule has 0 aliphatic carbocycles. The number of hydrogen-bond donors (Lipinski definition) is 1. The summed E-state index contributed by atoms with van der Waals surface area (Å²) < 4.78 is 0. The van der Waals surface area contributed by atoms with Gasteiger partial charge in [-0.25, -0.2) is 0 Å². The van der Waals surface area contributed by atoms with Crippen molar-refractivity contribution in [2.75, 3.05) is 5.75 Å². The van der Waals surface area contributed by atoms with Gasteiger partial charge in [-0.2, -0.15) is 0 Å². The minimum absolute atomic E-state index is 0.780. The molecule has 0 unspecified atom stereocenters. The van der Waals surface area contributed by atoms with Crippen molar-refractivity contribution in [3.8, 4) is 0 Å². The highest BCUT2D eigenvalue weighted by Crippen LogP contribution is 2.18. The number of hydrogen-bond acceptors (Lipinski definition) is 3. The molecule has 0 bridgehead atoms. The fourth-order valence-electron chi connectivity index (χ4n) is 1.47. The lowest BCUT2D eigenvalue weighted by molar-refractivity contribution is 0.815. The Bertz CT molecular complexity index is 437. The molecule has 92 valence electrons. The van der Waals surface area contributed by atoms with Crippen LogP contribution in [0.3, 0.4) is 0 Å². The van der Waals surface area contributed by atoms with Gasteiger partial charge >= 0.3 is 0 Å². The highest BCUT2D eigenvalue weighted by Gasteiger charge is 1.97. The van der Waals surface area contributed by atoms with Crippen LogP contribution >= 0.6 is 11.8 Å². The van der Waals surface area contributed by atoms with E-state index in [1.54, 1.807) is 18.0 Å². The minimum atomic E-state index is 0.780. The molecule has 0 fully saturated rings. The second-order valence-corrected chi connectivity index (χ2v) is 4.97. The molecule has 2 nitrogen and oxygen atoms in total. The Balaban J connectivity index is 1.73. The Morgan fingerprint density at radius 1 is 1.17 bits per heavy atom. The molecule has 18 heavy (non-hydrogen) atoms. The Kier molecular flexibility index (Phi) is 4.85. The van der Waals surface area contributed by atoms with Crippen molar-refractivity contribution in [3.05, 3.63) is 72.7 Å². The molecule has 1 heterocycles. The lowest BCUT2D eigenvalue weighted by atomic mass is 10.3. The average molecular weight is 256 g/mol. The third-order valence-electron chi connectivity index (χ3n) is 2.42. The van der Waals surface area contributed by atoms with Gasteiger partial charge in [-0.15, -0.1) is 11.8 Å². The number of nitrogens with one attached hydrogen (secondary N) is 1. The zero-order valence-corrected chi connectivity index (χ0v) is 11.0. The van der Waals surface area contributed by atoms with Gasteiger partial charge in [-0.3, -0.25) is 4.98 Å². The Labute approximate surface area is 112 Å². The fraction of sp³-hybridized carbons (Fsp3) is 0.133. The summed E-state index contributed by atoms with van der Waals surface area (Å²) in [5, 5.41) is 3.31. The lowest BCUT2D eigenvalue weighted by Crippen LogP contribution is -2.13. The molecule has 3 heteroatoms. The maximum atomic E-state index is 4.08. The second-order valence-electron chi connectivity index (χ2n) is 3.92. The van der Waals surface area contributed by atoms with Gasteiger partial charge < -0.3 is 5.32 Å². The monoisotopic (exact) mass is 256 g/mol. The largest absolute Gasteiger partial charge is 0.384 e. The van der Waals surface area contributed by atoms with E-state index in [0.717, 1.165) is 18.0 Å². The summed E-state index contributed by atoms with van der Waals surface area (Å²) in [5.41, 5.74) is 2.20. The Morgan fingerprint density at radius 3 is 2.72 bits per heavy atom. The Hall–Kier alpha value is -1.74. The molecule has 1 N–H and O–H groups in total. The van der Waals surface area contributed by atoms with Gasteiger partial charge in [0.1, 0.15) is 0 Å². The van der Waals surface area contributed by atoms with Crippen molar-refractivity contribution in [2.45, 2.75) is 11.4 Å². The molecular formula is C15H16N2S. The van der Waals surface area contributed by atoms with Crippen LogP contribution in [0.5, 0.6) is 0 Å². The molecule has 1 aromatic heterocycles. The highest BCUT2D eigenvalue weighted by atomic mass is 32.2. The highest BCUT2D eigenvalue weighted by molar-refractivity contribution is 7.99. The predicted octanol–water partition coefficient (Wildman–Crippen LogP) is 3.48. The van der Waals surface area contributed by atoms with Gasteiger partial charge in [0, 0.05) is 35.3 Å². The molecule has 2 aromatic rings. The van der Waals surface area contributed by atoms with Gasteiger partial charge in [-0.05, 0) is 23.8 Å². The molecule has 0 atom stereocenters. The zero-order valence-electron chi connectivity index (χ0n) is 10.2. The van der Waals surface area contributed by atoms with Crippen molar-refractivity contribution >= 4 is 11.8 Å². The summed E-state index contributed by atoms with van der Waals surface area (Å²) in [4.78, 5) is 5.35. The van der Waals surface area contributed by atoms with Crippen LogP contribution in [0.25, 0.3) is 0 Å². The first kappa shape index (κ1) is 12.7. The molecule has 0 saturated heterocycles. The maximum absolute atomic E-state index is 4.08. The van der Waals surface area contributed by atoms with E-state index in [-0.39, 0.29) is 0 Å². The van der Waals surface area contributed by atoms with Crippen LogP contribution < -0.4 is 5.32 Å². The minimum Gasteiger partial charge on any atom is -0.384 e. The first-order valence-corrected chi connectivity index (χ1v) is 6.81. The van der Waals surface area contributed by atoms with Crippen molar-refractivity contribution in [1.29, 1.82) is 0 Å². The van der Waals surface area contributed by atoms with E-state index in [0.29, 0.717) is 0 Å². The molecule has 0 aliphatic heterocycles. The van der Waals surface area contributed by atoms with Crippen LogP contribution in [0, 0.1) is 0 Å². The summed E-state index contributed by atoms with van der Waals surface area (Å²) in [5.74, 6) is 0.879. The molecule has 0 amide bonds. The van der Waals surface area contributed by atoms with Gasteiger partial charge in [0.15, 0.2) is 0 Å². The number of aromatic nitrogens is 1.